The molecule has 0 saturated heterocycles. The van der Waals surface area contributed by atoms with Crippen LogP contribution >= 0.6 is 0 Å². The lowest BCUT2D eigenvalue weighted by molar-refractivity contribution is -0.139. The monoisotopic (exact) mass is 256 g/mol. The van der Waals surface area contributed by atoms with Gasteiger partial charge in [0.05, 0.1) is 0 Å². The van der Waals surface area contributed by atoms with Gasteiger partial charge in [-0.25, -0.2) is 9.80 Å². The van der Waals surface area contributed by atoms with Crippen LogP contribution in [0.3, 0.4) is 0 Å². The highest BCUT2D eigenvalue weighted by Gasteiger charge is 2.05. The van der Waals surface area contributed by atoms with Crippen molar-refractivity contribution in [2.24, 2.45) is 0 Å². The normalized spacial score (nSPS) is 10.7. The average molecular weight is 256 g/mol. The van der Waals surface area contributed by atoms with E-state index in [4.69, 9.17) is 4.74 Å². The number of hydrazine groups is 1. The largest absolute Gasteiger partial charge is 0.461 e. The van der Waals surface area contributed by atoms with Crippen LogP contribution in [0.2, 0.25) is 0 Å². The van der Waals surface area contributed by atoms with Crippen molar-refractivity contribution in [3.05, 3.63) is 12.2 Å². The molecule has 4 heteroatoms. The molecule has 0 aromatic rings. The van der Waals surface area contributed by atoms with Crippen LogP contribution in [0.1, 0.15) is 46.5 Å². The van der Waals surface area contributed by atoms with Crippen LogP contribution in [0.4, 0.5) is 0 Å². The highest BCUT2D eigenvalue weighted by molar-refractivity contribution is 5.86. The van der Waals surface area contributed by atoms with Gasteiger partial charge in [0.15, 0.2) is 0 Å². The Morgan fingerprint density at radius 2 is 1.78 bits per heavy atom. The quantitative estimate of drug-likeness (QED) is 0.267. The molecule has 0 bridgehead atoms. The summed E-state index contributed by atoms with van der Waals surface area (Å²) in [6.45, 7) is 12.7. The van der Waals surface area contributed by atoms with Gasteiger partial charge in [-0.15, -0.1) is 0 Å². The van der Waals surface area contributed by atoms with Crippen molar-refractivity contribution in [2.75, 3.05) is 26.2 Å². The van der Waals surface area contributed by atoms with Gasteiger partial charge < -0.3 is 4.74 Å². The van der Waals surface area contributed by atoms with Crippen molar-refractivity contribution >= 4 is 5.97 Å². The highest BCUT2D eigenvalue weighted by Crippen LogP contribution is 1.96. The van der Waals surface area contributed by atoms with Gasteiger partial charge >= 0.3 is 5.97 Å². The Hall–Kier alpha value is -0.870. The SMILES string of the molecule is C=C(C)C(=O)OCCNN(CCCC)CCCC. The summed E-state index contributed by atoms with van der Waals surface area (Å²) < 4.78 is 5.04. The molecule has 106 valence electrons. The van der Waals surface area contributed by atoms with Crippen molar-refractivity contribution in [1.82, 2.24) is 10.4 Å². The van der Waals surface area contributed by atoms with Crippen LogP contribution in [0.5, 0.6) is 0 Å². The first kappa shape index (κ1) is 17.1. The van der Waals surface area contributed by atoms with Gasteiger partial charge in [-0.3, -0.25) is 5.43 Å². The van der Waals surface area contributed by atoms with E-state index in [0.717, 1.165) is 13.1 Å². The molecule has 1 N–H and O–H groups in total. The van der Waals surface area contributed by atoms with Gasteiger partial charge in [-0.05, 0) is 19.8 Å². The van der Waals surface area contributed by atoms with Crippen LogP contribution in [0.15, 0.2) is 12.2 Å². The number of carbonyl (C=O) groups is 1. The molecule has 0 saturated carbocycles. The van der Waals surface area contributed by atoms with Crippen LogP contribution < -0.4 is 5.43 Å². The van der Waals surface area contributed by atoms with E-state index < -0.39 is 0 Å². The molecular weight excluding hydrogens is 228 g/mol. The summed E-state index contributed by atoms with van der Waals surface area (Å²) in [4.78, 5) is 11.2. The number of nitrogens with zero attached hydrogens (tertiary/aromatic N) is 1. The van der Waals surface area contributed by atoms with E-state index in [1.54, 1.807) is 6.92 Å². The zero-order valence-electron chi connectivity index (χ0n) is 12.1. The minimum atomic E-state index is -0.314. The summed E-state index contributed by atoms with van der Waals surface area (Å²) in [6.07, 6.45) is 4.74. The van der Waals surface area contributed by atoms with Gasteiger partial charge in [0, 0.05) is 25.2 Å². The standard InChI is InChI=1S/C14H28N2O2/c1-5-7-10-16(11-8-6-2)15-9-12-18-14(17)13(3)4/h15H,3,5-12H2,1-2,4H3. The molecule has 0 fully saturated rings. The van der Waals surface area contributed by atoms with E-state index in [1.165, 1.54) is 25.7 Å². The molecular formula is C14H28N2O2. The Balaban J connectivity index is 3.73. The Kier molecular flexibility index (Phi) is 10.7. The second kappa shape index (κ2) is 11.2. The Morgan fingerprint density at radius 3 is 2.22 bits per heavy atom. The van der Waals surface area contributed by atoms with Gasteiger partial charge in [-0.1, -0.05) is 33.3 Å². The zero-order chi connectivity index (χ0) is 13.8. The molecule has 0 spiro atoms. The summed E-state index contributed by atoms with van der Waals surface area (Å²) in [6, 6.07) is 0. The number of nitrogens with one attached hydrogen (secondary N) is 1. The fourth-order valence-corrected chi connectivity index (χ4v) is 1.44. The molecule has 0 atom stereocenters. The summed E-state index contributed by atoms with van der Waals surface area (Å²) in [5.41, 5.74) is 3.76. The Morgan fingerprint density at radius 1 is 1.22 bits per heavy atom. The van der Waals surface area contributed by atoms with Gasteiger partial charge in [0.25, 0.3) is 0 Å². The first-order valence-corrected chi connectivity index (χ1v) is 6.92. The number of hydrogen-bond donors (Lipinski definition) is 1. The van der Waals surface area contributed by atoms with E-state index in [0.29, 0.717) is 18.7 Å². The number of carbonyl (C=O) groups excluding carboxylic acids is 1. The van der Waals surface area contributed by atoms with Crippen LogP contribution in [0.25, 0.3) is 0 Å². The molecule has 0 radical (unpaired) electrons. The average Bonchev–Trinajstić information content (AvgIpc) is 2.36. The van der Waals surface area contributed by atoms with Crippen LogP contribution in [0, 0.1) is 0 Å². The summed E-state index contributed by atoms with van der Waals surface area (Å²) >= 11 is 0. The lowest BCUT2D eigenvalue weighted by Gasteiger charge is -2.22. The van der Waals surface area contributed by atoms with E-state index in [9.17, 15) is 4.79 Å². The Bertz CT molecular complexity index is 234. The lowest BCUT2D eigenvalue weighted by Crippen LogP contribution is -2.41. The third kappa shape index (κ3) is 9.19. The van der Waals surface area contributed by atoms with Gasteiger partial charge in [0.2, 0.25) is 0 Å². The number of ether oxygens (including phenoxy) is 1. The molecule has 0 aliphatic carbocycles. The van der Waals surface area contributed by atoms with Crippen molar-refractivity contribution in [2.45, 2.75) is 46.5 Å². The summed E-state index contributed by atoms with van der Waals surface area (Å²) in [5.74, 6) is -0.314. The van der Waals surface area contributed by atoms with Gasteiger partial charge in [0.1, 0.15) is 6.61 Å². The summed E-state index contributed by atoms with van der Waals surface area (Å²) in [5, 5.41) is 2.22. The molecule has 0 heterocycles. The zero-order valence-corrected chi connectivity index (χ0v) is 12.1. The van der Waals surface area contributed by atoms with E-state index in [-0.39, 0.29) is 5.97 Å². The first-order chi connectivity index (χ1) is 8.61. The van der Waals surface area contributed by atoms with E-state index in [2.05, 4.69) is 30.9 Å². The van der Waals surface area contributed by atoms with E-state index >= 15 is 0 Å². The van der Waals surface area contributed by atoms with Crippen molar-refractivity contribution in [1.29, 1.82) is 0 Å². The second-order valence-corrected chi connectivity index (χ2v) is 4.52. The van der Waals surface area contributed by atoms with Crippen molar-refractivity contribution in [3.8, 4) is 0 Å². The molecule has 0 aliphatic rings. The fourth-order valence-electron chi connectivity index (χ4n) is 1.44. The molecule has 0 rings (SSSR count). The molecule has 0 aromatic carbocycles. The number of unbranched alkanes of at least 4 members (excludes halogenated alkanes) is 2. The predicted molar refractivity (Wildman–Crippen MR) is 75.2 cm³/mol. The van der Waals surface area contributed by atoms with Crippen LogP contribution in [-0.2, 0) is 9.53 Å². The van der Waals surface area contributed by atoms with Gasteiger partial charge in [-0.2, -0.15) is 0 Å². The molecule has 0 aliphatic heterocycles. The third-order valence-corrected chi connectivity index (χ3v) is 2.58. The predicted octanol–water partition coefficient (Wildman–Crippen LogP) is 2.51. The van der Waals surface area contributed by atoms with E-state index in [1.807, 2.05) is 0 Å². The molecule has 0 amide bonds. The minimum Gasteiger partial charge on any atom is -0.461 e. The molecule has 4 nitrogen and oxygen atoms in total. The second-order valence-electron chi connectivity index (χ2n) is 4.52. The van der Waals surface area contributed by atoms with Crippen molar-refractivity contribution < 1.29 is 9.53 Å². The molecule has 18 heavy (non-hydrogen) atoms. The highest BCUT2D eigenvalue weighted by atomic mass is 16.5. The molecule has 0 aromatic heterocycles. The lowest BCUT2D eigenvalue weighted by atomic mass is 10.3. The summed E-state index contributed by atoms with van der Waals surface area (Å²) in [7, 11) is 0. The maximum atomic E-state index is 11.2. The number of rotatable bonds is 11. The third-order valence-electron chi connectivity index (χ3n) is 2.58. The Labute approximate surface area is 111 Å². The number of esters is 1. The number of hydrogen-bond acceptors (Lipinski definition) is 4. The maximum absolute atomic E-state index is 11.2. The minimum absolute atomic E-state index is 0.314. The van der Waals surface area contributed by atoms with Crippen molar-refractivity contribution in [3.63, 3.8) is 0 Å². The van der Waals surface area contributed by atoms with Crippen LogP contribution in [-0.4, -0.2) is 37.2 Å². The topological polar surface area (TPSA) is 41.6 Å². The fraction of sp³-hybridized carbons (Fsp3) is 0.786. The smallest absolute Gasteiger partial charge is 0.333 e. The first-order valence-electron chi connectivity index (χ1n) is 6.92. The molecule has 0 unspecified atom stereocenters. The maximum Gasteiger partial charge on any atom is 0.333 e.